The van der Waals surface area contributed by atoms with E-state index in [1.165, 1.54) is 24.1 Å². The molecule has 3 amide bonds. The molecule has 0 bridgehead atoms. The van der Waals surface area contributed by atoms with Gasteiger partial charge in [-0.25, -0.2) is 4.79 Å². The SMILES string of the molecule is CCC(C)C(NC(=O)OC(C)(C)C)C(=O)N(CC)C(C(=O)NCC(=O)OC)c1cccc(O)c1. The number of alkyl carbamates (subject to hydrolysis) is 1. The molecular weight excluding hydrogens is 442 g/mol. The van der Waals surface area contributed by atoms with Crippen molar-refractivity contribution in [2.24, 2.45) is 5.92 Å². The Morgan fingerprint density at radius 1 is 1.15 bits per heavy atom. The van der Waals surface area contributed by atoms with Gasteiger partial charge in [0.25, 0.3) is 0 Å². The number of rotatable bonds is 10. The number of likely N-dealkylation sites (N-methyl/N-ethyl adjacent to an activating group) is 1. The van der Waals surface area contributed by atoms with Gasteiger partial charge in [-0.3, -0.25) is 14.4 Å². The van der Waals surface area contributed by atoms with E-state index in [2.05, 4.69) is 15.4 Å². The van der Waals surface area contributed by atoms with Gasteiger partial charge >= 0.3 is 12.1 Å². The largest absolute Gasteiger partial charge is 0.508 e. The van der Waals surface area contributed by atoms with Crippen LogP contribution in [0.25, 0.3) is 0 Å². The van der Waals surface area contributed by atoms with E-state index in [1.807, 2.05) is 13.8 Å². The van der Waals surface area contributed by atoms with Crippen LogP contribution < -0.4 is 10.6 Å². The normalized spacial score (nSPS) is 13.7. The maximum absolute atomic E-state index is 13.7. The minimum absolute atomic E-state index is 0.0860. The van der Waals surface area contributed by atoms with E-state index in [4.69, 9.17) is 4.74 Å². The van der Waals surface area contributed by atoms with Gasteiger partial charge in [-0.2, -0.15) is 0 Å². The van der Waals surface area contributed by atoms with E-state index < -0.39 is 41.6 Å². The minimum Gasteiger partial charge on any atom is -0.508 e. The summed E-state index contributed by atoms with van der Waals surface area (Å²) < 4.78 is 9.90. The van der Waals surface area contributed by atoms with Crippen molar-refractivity contribution < 1.29 is 33.8 Å². The number of ether oxygens (including phenoxy) is 2. The second kappa shape index (κ2) is 12.8. The molecule has 1 aromatic carbocycles. The van der Waals surface area contributed by atoms with Gasteiger partial charge in [-0.15, -0.1) is 0 Å². The highest BCUT2D eigenvalue weighted by Crippen LogP contribution is 2.26. The van der Waals surface area contributed by atoms with Crippen LogP contribution in [0.3, 0.4) is 0 Å². The van der Waals surface area contributed by atoms with Crippen molar-refractivity contribution in [3.63, 3.8) is 0 Å². The number of hydrogen-bond donors (Lipinski definition) is 3. The highest BCUT2D eigenvalue weighted by molar-refractivity contribution is 5.93. The summed E-state index contributed by atoms with van der Waals surface area (Å²) in [6.45, 7) is 10.3. The number of nitrogens with zero attached hydrogens (tertiary/aromatic N) is 1. The van der Waals surface area contributed by atoms with Crippen LogP contribution in [0, 0.1) is 5.92 Å². The molecule has 0 heterocycles. The molecule has 0 radical (unpaired) electrons. The minimum atomic E-state index is -1.17. The number of esters is 1. The van der Waals surface area contributed by atoms with Gasteiger partial charge in [0.15, 0.2) is 0 Å². The molecule has 3 unspecified atom stereocenters. The summed E-state index contributed by atoms with van der Waals surface area (Å²) in [6, 6.07) is 3.83. The lowest BCUT2D eigenvalue weighted by atomic mass is 9.95. The Balaban J connectivity index is 3.36. The fourth-order valence-corrected chi connectivity index (χ4v) is 3.26. The van der Waals surface area contributed by atoms with Gasteiger partial charge in [0.2, 0.25) is 11.8 Å². The third-order valence-corrected chi connectivity index (χ3v) is 5.16. The first-order chi connectivity index (χ1) is 15.8. The van der Waals surface area contributed by atoms with Crippen molar-refractivity contribution in [3.05, 3.63) is 29.8 Å². The summed E-state index contributed by atoms with van der Waals surface area (Å²) in [7, 11) is 1.20. The average molecular weight is 480 g/mol. The number of phenols is 1. The van der Waals surface area contributed by atoms with Crippen molar-refractivity contribution in [1.29, 1.82) is 0 Å². The zero-order valence-corrected chi connectivity index (χ0v) is 21.0. The molecule has 190 valence electrons. The Bertz CT molecular complexity index is 866. The molecule has 0 aromatic heterocycles. The summed E-state index contributed by atoms with van der Waals surface area (Å²) in [6.07, 6.45) is -0.166. The predicted octanol–water partition coefficient (Wildman–Crippen LogP) is 2.51. The lowest BCUT2D eigenvalue weighted by molar-refractivity contribution is -0.145. The maximum atomic E-state index is 13.7. The number of nitrogens with one attached hydrogen (secondary N) is 2. The third-order valence-electron chi connectivity index (χ3n) is 5.16. The van der Waals surface area contributed by atoms with Gasteiger partial charge in [0.05, 0.1) is 7.11 Å². The molecule has 34 heavy (non-hydrogen) atoms. The molecule has 10 nitrogen and oxygen atoms in total. The van der Waals surface area contributed by atoms with Gasteiger partial charge in [-0.1, -0.05) is 32.4 Å². The lowest BCUT2D eigenvalue weighted by Gasteiger charge is -2.35. The number of carbonyl (C=O) groups excluding carboxylic acids is 4. The second-order valence-electron chi connectivity index (χ2n) is 8.93. The maximum Gasteiger partial charge on any atom is 0.408 e. The third kappa shape index (κ3) is 8.57. The predicted molar refractivity (Wildman–Crippen MR) is 126 cm³/mol. The molecule has 0 saturated carbocycles. The highest BCUT2D eigenvalue weighted by atomic mass is 16.6. The zero-order chi connectivity index (χ0) is 26.1. The average Bonchev–Trinajstić information content (AvgIpc) is 2.76. The quantitative estimate of drug-likeness (QED) is 0.439. The number of phenolic OH excluding ortho intramolecular Hbond substituents is 1. The molecule has 0 spiro atoms. The number of amides is 3. The topological polar surface area (TPSA) is 134 Å². The van der Waals surface area contributed by atoms with E-state index in [9.17, 15) is 24.3 Å². The standard InChI is InChI=1S/C24H37N3O7/c1-8-15(3)19(26-23(32)34-24(4,5)6)22(31)27(9-2)20(16-11-10-12-17(28)13-16)21(30)25-14-18(29)33-7/h10-13,15,19-20,28H,8-9,14H2,1-7H3,(H,25,30)(H,26,32). The first kappa shape index (κ1) is 28.7. The van der Waals surface area contributed by atoms with Gasteiger partial charge in [-0.05, 0) is 51.3 Å². The van der Waals surface area contributed by atoms with E-state index >= 15 is 0 Å². The molecule has 3 atom stereocenters. The van der Waals surface area contributed by atoms with Crippen LogP contribution in [0.4, 0.5) is 4.79 Å². The summed E-state index contributed by atoms with van der Waals surface area (Å²) in [5.41, 5.74) is -0.409. The number of benzene rings is 1. The summed E-state index contributed by atoms with van der Waals surface area (Å²) in [5.74, 6) is -2.13. The lowest BCUT2D eigenvalue weighted by Crippen LogP contribution is -2.55. The first-order valence-corrected chi connectivity index (χ1v) is 11.3. The summed E-state index contributed by atoms with van der Waals surface area (Å²) >= 11 is 0. The molecule has 3 N–H and O–H groups in total. The molecule has 1 aromatic rings. The van der Waals surface area contributed by atoms with Crippen LogP contribution in [0.2, 0.25) is 0 Å². The Morgan fingerprint density at radius 3 is 2.29 bits per heavy atom. The fraction of sp³-hybridized carbons (Fsp3) is 0.583. The van der Waals surface area contributed by atoms with E-state index in [0.29, 0.717) is 12.0 Å². The molecule has 0 fully saturated rings. The van der Waals surface area contributed by atoms with Crippen LogP contribution >= 0.6 is 0 Å². The van der Waals surface area contributed by atoms with E-state index in [1.54, 1.807) is 39.8 Å². The smallest absolute Gasteiger partial charge is 0.408 e. The van der Waals surface area contributed by atoms with Gasteiger partial charge < -0.3 is 30.1 Å². The van der Waals surface area contributed by atoms with E-state index in [-0.39, 0.29) is 24.8 Å². The van der Waals surface area contributed by atoms with Crippen molar-refractivity contribution in [2.75, 3.05) is 20.2 Å². The molecule has 0 aliphatic rings. The molecule has 10 heteroatoms. The highest BCUT2D eigenvalue weighted by Gasteiger charge is 2.37. The van der Waals surface area contributed by atoms with Crippen LogP contribution in [0.5, 0.6) is 5.75 Å². The van der Waals surface area contributed by atoms with Gasteiger partial charge in [0.1, 0.15) is 30.0 Å². The fourth-order valence-electron chi connectivity index (χ4n) is 3.26. The van der Waals surface area contributed by atoms with Crippen LogP contribution in [-0.4, -0.2) is 65.7 Å². The molecular formula is C24H37N3O7. The monoisotopic (exact) mass is 479 g/mol. The van der Waals surface area contributed by atoms with Crippen molar-refractivity contribution >= 4 is 23.9 Å². The summed E-state index contributed by atoms with van der Waals surface area (Å²) in [5, 5.41) is 15.1. The Kier molecular flexibility index (Phi) is 10.8. The number of hydrogen-bond acceptors (Lipinski definition) is 7. The Morgan fingerprint density at radius 2 is 1.79 bits per heavy atom. The van der Waals surface area contributed by atoms with Crippen LogP contribution in [0.15, 0.2) is 24.3 Å². The molecule has 0 aliphatic heterocycles. The number of aromatic hydroxyl groups is 1. The number of methoxy groups -OCH3 is 1. The Labute approximate surface area is 201 Å². The summed E-state index contributed by atoms with van der Waals surface area (Å²) in [4.78, 5) is 52.2. The first-order valence-electron chi connectivity index (χ1n) is 11.3. The molecule has 0 aliphatic carbocycles. The van der Waals surface area contributed by atoms with Gasteiger partial charge in [0, 0.05) is 6.54 Å². The number of carbonyl (C=O) groups is 4. The zero-order valence-electron chi connectivity index (χ0n) is 21.0. The van der Waals surface area contributed by atoms with Crippen LogP contribution in [-0.2, 0) is 23.9 Å². The molecule has 0 saturated heterocycles. The van der Waals surface area contributed by atoms with Crippen LogP contribution in [0.1, 0.15) is 59.6 Å². The van der Waals surface area contributed by atoms with Crippen molar-refractivity contribution in [3.8, 4) is 5.75 Å². The second-order valence-corrected chi connectivity index (χ2v) is 8.93. The molecule has 1 rings (SSSR count). The van der Waals surface area contributed by atoms with Crippen molar-refractivity contribution in [2.45, 2.75) is 65.6 Å². The van der Waals surface area contributed by atoms with Crippen molar-refractivity contribution in [1.82, 2.24) is 15.5 Å². The Hall–Kier alpha value is -3.30. The van der Waals surface area contributed by atoms with E-state index in [0.717, 1.165) is 0 Å².